The number of hydrogen-bond acceptors (Lipinski definition) is 3. The van der Waals surface area contributed by atoms with Gasteiger partial charge >= 0.3 is 0 Å². The fraction of sp³-hybridized carbons (Fsp3) is 0.632. The monoisotopic (exact) mass is 316 g/mol. The number of aryl methyl sites for hydroxylation is 1. The van der Waals surface area contributed by atoms with Crippen LogP contribution in [0.3, 0.4) is 0 Å². The number of amides is 1. The number of rotatable bonds is 4. The molecule has 126 valence electrons. The zero-order valence-corrected chi connectivity index (χ0v) is 14.1. The molecule has 1 aliphatic heterocycles. The number of nitrogens with one attached hydrogen (secondary N) is 1. The lowest BCUT2D eigenvalue weighted by Gasteiger charge is -2.34. The molecule has 1 heterocycles. The third-order valence-corrected chi connectivity index (χ3v) is 5.25. The fourth-order valence-corrected chi connectivity index (χ4v) is 3.85. The Morgan fingerprint density at radius 3 is 2.65 bits per heavy atom. The van der Waals surface area contributed by atoms with Crippen molar-refractivity contribution in [3.8, 4) is 0 Å². The average Bonchev–Trinajstić information content (AvgIpc) is 2.94. The number of hydrogen-bond donors (Lipinski definition) is 2. The van der Waals surface area contributed by atoms with E-state index < -0.39 is 5.60 Å². The zero-order valence-electron chi connectivity index (χ0n) is 14.1. The van der Waals surface area contributed by atoms with Crippen LogP contribution in [-0.2, 0) is 4.79 Å². The van der Waals surface area contributed by atoms with Gasteiger partial charge < -0.3 is 15.3 Å². The van der Waals surface area contributed by atoms with Gasteiger partial charge in [-0.3, -0.25) is 4.79 Å². The van der Waals surface area contributed by atoms with Crippen molar-refractivity contribution >= 4 is 11.6 Å². The smallest absolute Gasteiger partial charge is 0.225 e. The lowest BCUT2D eigenvalue weighted by atomic mass is 9.96. The molecule has 1 amide bonds. The van der Waals surface area contributed by atoms with Gasteiger partial charge in [-0.1, -0.05) is 25.0 Å². The summed E-state index contributed by atoms with van der Waals surface area (Å²) in [5.41, 5.74) is 1.69. The molecule has 1 saturated heterocycles. The second kappa shape index (κ2) is 6.91. The zero-order chi connectivity index (χ0) is 16.3. The lowest BCUT2D eigenvalue weighted by molar-refractivity contribution is -0.137. The maximum Gasteiger partial charge on any atom is 0.225 e. The molecule has 1 aromatic carbocycles. The Hall–Kier alpha value is -1.55. The first kappa shape index (κ1) is 16.3. The van der Waals surface area contributed by atoms with Crippen molar-refractivity contribution in [2.24, 2.45) is 0 Å². The van der Waals surface area contributed by atoms with E-state index in [4.69, 9.17) is 0 Å². The second-order valence-electron chi connectivity index (χ2n) is 7.28. The van der Waals surface area contributed by atoms with Gasteiger partial charge in [-0.25, -0.2) is 0 Å². The van der Waals surface area contributed by atoms with Crippen LogP contribution >= 0.6 is 0 Å². The van der Waals surface area contributed by atoms with Gasteiger partial charge in [-0.05, 0) is 50.3 Å². The molecule has 2 N–H and O–H groups in total. The van der Waals surface area contributed by atoms with Crippen LogP contribution in [0, 0.1) is 6.92 Å². The molecule has 1 aliphatic carbocycles. The van der Waals surface area contributed by atoms with Gasteiger partial charge in [-0.15, -0.1) is 0 Å². The molecule has 2 aliphatic rings. The van der Waals surface area contributed by atoms with Gasteiger partial charge in [-0.2, -0.15) is 0 Å². The molecule has 4 nitrogen and oxygen atoms in total. The molecule has 4 heteroatoms. The van der Waals surface area contributed by atoms with Gasteiger partial charge in [0.05, 0.1) is 12.0 Å². The summed E-state index contributed by atoms with van der Waals surface area (Å²) in [6.07, 6.45) is 5.91. The highest BCUT2D eigenvalue weighted by Gasteiger charge is 2.35. The van der Waals surface area contributed by atoms with Gasteiger partial charge in [0, 0.05) is 24.8 Å². The summed E-state index contributed by atoms with van der Waals surface area (Å²) in [6, 6.07) is 8.85. The Balaban J connectivity index is 1.47. The normalized spacial score (nSPS) is 21.4. The third kappa shape index (κ3) is 4.25. The Morgan fingerprint density at radius 1 is 1.30 bits per heavy atom. The summed E-state index contributed by atoms with van der Waals surface area (Å²) in [7, 11) is 0. The van der Waals surface area contributed by atoms with E-state index in [1.807, 2.05) is 4.90 Å². The van der Waals surface area contributed by atoms with E-state index in [1.165, 1.54) is 5.56 Å². The van der Waals surface area contributed by atoms with Crippen molar-refractivity contribution in [1.82, 2.24) is 4.90 Å². The molecule has 1 aromatic rings. The molecular weight excluding hydrogens is 288 g/mol. The van der Waals surface area contributed by atoms with E-state index in [2.05, 4.69) is 36.5 Å². The maximum atomic E-state index is 12.4. The molecule has 1 saturated carbocycles. The number of nitrogens with zero attached hydrogens (tertiary/aromatic N) is 1. The van der Waals surface area contributed by atoms with Crippen LogP contribution in [0.4, 0.5) is 5.69 Å². The highest BCUT2D eigenvalue weighted by molar-refractivity contribution is 5.77. The third-order valence-electron chi connectivity index (χ3n) is 5.25. The predicted molar refractivity (Wildman–Crippen MR) is 92.4 cm³/mol. The van der Waals surface area contributed by atoms with E-state index in [9.17, 15) is 9.90 Å². The largest absolute Gasteiger partial charge is 0.389 e. The first-order valence-electron chi connectivity index (χ1n) is 8.87. The number of aliphatic hydroxyl groups is 1. The van der Waals surface area contributed by atoms with Crippen molar-refractivity contribution in [2.75, 3.05) is 18.4 Å². The minimum Gasteiger partial charge on any atom is -0.389 e. The summed E-state index contributed by atoms with van der Waals surface area (Å²) in [4.78, 5) is 14.3. The van der Waals surface area contributed by atoms with E-state index >= 15 is 0 Å². The van der Waals surface area contributed by atoms with E-state index in [0.29, 0.717) is 12.5 Å². The fourth-order valence-electron chi connectivity index (χ4n) is 3.85. The first-order chi connectivity index (χ1) is 11.0. The number of piperidine rings is 1. The van der Waals surface area contributed by atoms with Crippen LogP contribution in [0.15, 0.2) is 24.3 Å². The Bertz CT molecular complexity index is 544. The van der Waals surface area contributed by atoms with Crippen LogP contribution in [0.1, 0.15) is 50.5 Å². The number of likely N-dealkylation sites (tertiary alicyclic amines) is 1. The Labute approximate surface area is 138 Å². The summed E-state index contributed by atoms with van der Waals surface area (Å²) in [6.45, 7) is 3.68. The van der Waals surface area contributed by atoms with Crippen molar-refractivity contribution in [2.45, 2.75) is 63.5 Å². The highest BCUT2D eigenvalue weighted by Crippen LogP contribution is 2.33. The topological polar surface area (TPSA) is 52.6 Å². The number of benzene rings is 1. The first-order valence-corrected chi connectivity index (χ1v) is 8.87. The predicted octanol–water partition coefficient (Wildman–Crippen LogP) is 3.09. The van der Waals surface area contributed by atoms with Crippen LogP contribution in [-0.4, -0.2) is 40.6 Å². The number of carbonyl (C=O) groups is 1. The van der Waals surface area contributed by atoms with E-state index in [0.717, 1.165) is 57.3 Å². The van der Waals surface area contributed by atoms with E-state index in [-0.39, 0.29) is 5.91 Å². The van der Waals surface area contributed by atoms with Gasteiger partial charge in [0.25, 0.3) is 0 Å². The molecule has 0 bridgehead atoms. The Kier molecular flexibility index (Phi) is 4.90. The standard InChI is InChI=1S/C19H28N2O2/c1-15-5-4-6-17(13-15)20-16-7-11-21(12-8-16)18(22)14-19(23)9-2-3-10-19/h4-6,13,16,20,23H,2-3,7-12,14H2,1H3. The minimum absolute atomic E-state index is 0.128. The number of carbonyl (C=O) groups excluding carboxylic acids is 1. The summed E-state index contributed by atoms with van der Waals surface area (Å²) in [5, 5.41) is 14.0. The van der Waals surface area contributed by atoms with Crippen LogP contribution in [0.25, 0.3) is 0 Å². The molecule has 0 atom stereocenters. The minimum atomic E-state index is -0.728. The molecule has 23 heavy (non-hydrogen) atoms. The highest BCUT2D eigenvalue weighted by atomic mass is 16.3. The van der Waals surface area contributed by atoms with Crippen LogP contribution < -0.4 is 5.32 Å². The van der Waals surface area contributed by atoms with Crippen molar-refractivity contribution in [1.29, 1.82) is 0 Å². The molecule has 0 spiro atoms. The van der Waals surface area contributed by atoms with E-state index in [1.54, 1.807) is 0 Å². The molecule has 0 unspecified atom stereocenters. The summed E-state index contributed by atoms with van der Waals surface area (Å²) in [5.74, 6) is 0.128. The summed E-state index contributed by atoms with van der Waals surface area (Å²) >= 11 is 0. The maximum absolute atomic E-state index is 12.4. The van der Waals surface area contributed by atoms with Gasteiger partial charge in [0.1, 0.15) is 0 Å². The van der Waals surface area contributed by atoms with Crippen LogP contribution in [0.2, 0.25) is 0 Å². The van der Waals surface area contributed by atoms with Crippen LogP contribution in [0.5, 0.6) is 0 Å². The number of anilines is 1. The van der Waals surface area contributed by atoms with Crippen molar-refractivity contribution in [3.63, 3.8) is 0 Å². The van der Waals surface area contributed by atoms with Gasteiger partial charge in [0.2, 0.25) is 5.91 Å². The molecular formula is C19H28N2O2. The molecule has 0 radical (unpaired) electrons. The average molecular weight is 316 g/mol. The molecule has 2 fully saturated rings. The second-order valence-corrected chi connectivity index (χ2v) is 7.28. The van der Waals surface area contributed by atoms with Crippen molar-refractivity contribution in [3.05, 3.63) is 29.8 Å². The molecule has 3 rings (SSSR count). The SMILES string of the molecule is Cc1cccc(NC2CCN(C(=O)CC3(O)CCCC3)CC2)c1. The molecule has 0 aromatic heterocycles. The van der Waals surface area contributed by atoms with Gasteiger partial charge in [0.15, 0.2) is 0 Å². The lowest BCUT2D eigenvalue weighted by Crippen LogP contribution is -2.45. The van der Waals surface area contributed by atoms with Crippen molar-refractivity contribution < 1.29 is 9.90 Å². The Morgan fingerprint density at radius 2 is 2.00 bits per heavy atom. The summed E-state index contributed by atoms with van der Waals surface area (Å²) < 4.78 is 0. The quantitative estimate of drug-likeness (QED) is 0.897.